The molecule has 1 unspecified atom stereocenters. The number of nitrogens with zero attached hydrogens (tertiary/aromatic N) is 2. The number of fused-ring (bicyclic) bond motifs is 1. The maximum atomic E-state index is 13.1. The van der Waals surface area contributed by atoms with Crippen LogP contribution >= 0.6 is 0 Å². The largest absolute Gasteiger partial charge is 0.466 e. The lowest BCUT2D eigenvalue weighted by Crippen LogP contribution is -2.44. The van der Waals surface area contributed by atoms with Crippen LogP contribution in [-0.2, 0) is 21.2 Å². The molecule has 1 N–H and O–H groups in total. The van der Waals surface area contributed by atoms with Crippen LogP contribution in [0.1, 0.15) is 61.8 Å². The summed E-state index contributed by atoms with van der Waals surface area (Å²) in [6, 6.07) is 10.1. The number of benzene rings is 1. The van der Waals surface area contributed by atoms with Gasteiger partial charge in [-0.05, 0) is 49.8 Å². The normalized spacial score (nSPS) is 21.5. The highest BCUT2D eigenvalue weighted by Gasteiger charge is 2.38. The van der Waals surface area contributed by atoms with Crippen LogP contribution in [0.15, 0.2) is 39.6 Å². The quantitative estimate of drug-likeness (QED) is 0.757. The molecular weight excluding hydrogens is 426 g/mol. The van der Waals surface area contributed by atoms with Gasteiger partial charge in [-0.15, -0.1) is 0 Å². The number of aryl methyl sites for hydroxylation is 1. The van der Waals surface area contributed by atoms with E-state index in [1.54, 1.807) is 12.1 Å². The summed E-state index contributed by atoms with van der Waals surface area (Å²) >= 11 is 0. The van der Waals surface area contributed by atoms with E-state index in [9.17, 15) is 18.5 Å². The Labute approximate surface area is 189 Å². The van der Waals surface area contributed by atoms with Crippen molar-refractivity contribution in [3.05, 3.63) is 53.0 Å². The van der Waals surface area contributed by atoms with Crippen molar-refractivity contribution >= 4 is 15.9 Å². The molecule has 8 heteroatoms. The molecule has 1 amide bonds. The fraction of sp³-hybridized carbons (Fsp3) is 0.500. The molecule has 0 radical (unpaired) electrons. The van der Waals surface area contributed by atoms with Crippen molar-refractivity contribution in [1.82, 2.24) is 9.62 Å². The molecule has 170 valence electrons. The highest BCUT2D eigenvalue weighted by Crippen LogP contribution is 2.42. The number of sulfonamides is 1. The van der Waals surface area contributed by atoms with E-state index in [-0.39, 0.29) is 46.8 Å². The summed E-state index contributed by atoms with van der Waals surface area (Å²) in [6.07, 6.45) is 2.59. The van der Waals surface area contributed by atoms with Crippen molar-refractivity contribution in [2.75, 3.05) is 13.1 Å². The number of hydrogen-bond donors (Lipinski definition) is 1. The van der Waals surface area contributed by atoms with Crippen LogP contribution < -0.4 is 5.32 Å². The molecule has 1 aromatic heterocycles. The fourth-order valence-electron chi connectivity index (χ4n) is 4.88. The Kier molecular flexibility index (Phi) is 5.91. The summed E-state index contributed by atoms with van der Waals surface area (Å²) in [4.78, 5) is 13.1. The van der Waals surface area contributed by atoms with E-state index in [4.69, 9.17) is 4.42 Å². The number of nitrogens with one attached hydrogen (secondary N) is 1. The number of furan rings is 1. The Morgan fingerprint density at radius 2 is 1.94 bits per heavy atom. The number of piperidine rings is 1. The summed E-state index contributed by atoms with van der Waals surface area (Å²) in [5.41, 5.74) is 1.22. The SMILES string of the molecule is Cc1cc2c(o1)CC(C)(C)CC2NC(=O)C1CCN(S(=O)(=O)c2ccccc2C#N)CC1. The molecule has 32 heavy (non-hydrogen) atoms. The van der Waals surface area contributed by atoms with Gasteiger partial charge in [0.2, 0.25) is 15.9 Å². The van der Waals surface area contributed by atoms with Crippen LogP contribution in [-0.4, -0.2) is 31.7 Å². The summed E-state index contributed by atoms with van der Waals surface area (Å²) < 4.78 is 33.3. The minimum atomic E-state index is -3.77. The van der Waals surface area contributed by atoms with Gasteiger partial charge in [-0.2, -0.15) is 9.57 Å². The molecule has 1 atom stereocenters. The third-order valence-electron chi connectivity index (χ3n) is 6.50. The van der Waals surface area contributed by atoms with E-state index in [0.29, 0.717) is 12.8 Å². The Hall–Kier alpha value is -2.63. The van der Waals surface area contributed by atoms with Crippen LogP contribution in [0.4, 0.5) is 0 Å². The van der Waals surface area contributed by atoms with Gasteiger partial charge in [-0.3, -0.25) is 4.79 Å². The summed E-state index contributed by atoms with van der Waals surface area (Å²) in [5, 5.41) is 12.5. The summed E-state index contributed by atoms with van der Waals surface area (Å²) in [7, 11) is -3.77. The molecule has 2 aromatic rings. The zero-order valence-corrected chi connectivity index (χ0v) is 19.5. The minimum Gasteiger partial charge on any atom is -0.466 e. The fourth-order valence-corrected chi connectivity index (χ4v) is 6.50. The number of carbonyl (C=O) groups is 1. The first-order valence-electron chi connectivity index (χ1n) is 11.0. The zero-order chi connectivity index (χ0) is 23.1. The third kappa shape index (κ3) is 4.32. The molecule has 2 aliphatic rings. The zero-order valence-electron chi connectivity index (χ0n) is 18.7. The van der Waals surface area contributed by atoms with Gasteiger partial charge in [0.1, 0.15) is 17.6 Å². The van der Waals surface area contributed by atoms with Gasteiger partial charge in [0.25, 0.3) is 0 Å². The molecule has 0 saturated carbocycles. The van der Waals surface area contributed by atoms with Crippen LogP contribution in [0.5, 0.6) is 0 Å². The molecule has 0 bridgehead atoms. The van der Waals surface area contributed by atoms with E-state index in [1.807, 2.05) is 19.1 Å². The van der Waals surface area contributed by atoms with Crippen LogP contribution in [0.3, 0.4) is 0 Å². The molecule has 1 fully saturated rings. The van der Waals surface area contributed by atoms with Crippen LogP contribution in [0.25, 0.3) is 0 Å². The minimum absolute atomic E-state index is 0.0256. The Morgan fingerprint density at radius 1 is 1.25 bits per heavy atom. The van der Waals surface area contributed by atoms with Crippen LogP contribution in [0, 0.1) is 29.6 Å². The van der Waals surface area contributed by atoms with Gasteiger partial charge in [-0.25, -0.2) is 8.42 Å². The molecule has 7 nitrogen and oxygen atoms in total. The maximum Gasteiger partial charge on any atom is 0.244 e. The lowest BCUT2D eigenvalue weighted by Gasteiger charge is -2.36. The first-order valence-corrected chi connectivity index (χ1v) is 12.4. The highest BCUT2D eigenvalue weighted by molar-refractivity contribution is 7.89. The average molecular weight is 456 g/mol. The Bertz CT molecular complexity index is 1170. The molecule has 2 heterocycles. The molecular formula is C24H29N3O4S. The predicted octanol–water partition coefficient (Wildman–Crippen LogP) is 3.69. The van der Waals surface area contributed by atoms with E-state index in [2.05, 4.69) is 19.2 Å². The second-order valence-electron chi connectivity index (χ2n) is 9.63. The maximum absolute atomic E-state index is 13.1. The van der Waals surface area contributed by atoms with Gasteiger partial charge in [0.05, 0.1) is 16.5 Å². The van der Waals surface area contributed by atoms with Crippen molar-refractivity contribution in [3.63, 3.8) is 0 Å². The third-order valence-corrected chi connectivity index (χ3v) is 8.46. The van der Waals surface area contributed by atoms with Gasteiger partial charge in [0.15, 0.2) is 0 Å². The first kappa shape index (κ1) is 22.6. The van der Waals surface area contributed by atoms with E-state index in [0.717, 1.165) is 29.9 Å². The van der Waals surface area contributed by atoms with Gasteiger partial charge >= 0.3 is 0 Å². The van der Waals surface area contributed by atoms with E-state index < -0.39 is 10.0 Å². The number of nitriles is 1. The molecule has 1 aromatic carbocycles. The Balaban J connectivity index is 1.43. The molecule has 1 aliphatic heterocycles. The van der Waals surface area contributed by atoms with Crippen molar-refractivity contribution in [1.29, 1.82) is 5.26 Å². The Morgan fingerprint density at radius 3 is 2.62 bits per heavy atom. The van der Waals surface area contributed by atoms with Crippen molar-refractivity contribution < 1.29 is 17.6 Å². The van der Waals surface area contributed by atoms with Crippen molar-refractivity contribution in [2.45, 2.75) is 57.4 Å². The first-order chi connectivity index (χ1) is 15.1. The predicted molar refractivity (Wildman–Crippen MR) is 119 cm³/mol. The molecule has 4 rings (SSSR count). The van der Waals surface area contributed by atoms with Crippen molar-refractivity contribution in [2.24, 2.45) is 11.3 Å². The summed E-state index contributed by atoms with van der Waals surface area (Å²) in [6.45, 7) is 6.79. The molecule has 1 saturated heterocycles. The van der Waals surface area contributed by atoms with Gasteiger partial charge in [-0.1, -0.05) is 26.0 Å². The average Bonchev–Trinajstić information content (AvgIpc) is 3.12. The molecule has 1 aliphatic carbocycles. The topological polar surface area (TPSA) is 103 Å². The number of hydrogen-bond acceptors (Lipinski definition) is 5. The second-order valence-corrected chi connectivity index (χ2v) is 11.5. The lowest BCUT2D eigenvalue weighted by molar-refractivity contribution is -0.127. The molecule has 0 spiro atoms. The number of rotatable bonds is 4. The second kappa shape index (κ2) is 8.38. The standard InChI is InChI=1S/C24H29N3O4S/c1-16-12-19-20(13-24(2,3)14-21(19)31-16)26-23(28)17-8-10-27(11-9-17)32(29,30)22-7-5-4-6-18(22)15-25/h4-7,12,17,20H,8-11,13-14H2,1-3H3,(H,26,28). The smallest absolute Gasteiger partial charge is 0.244 e. The number of amides is 1. The monoisotopic (exact) mass is 455 g/mol. The lowest BCUT2D eigenvalue weighted by atomic mass is 9.74. The summed E-state index contributed by atoms with van der Waals surface area (Å²) in [5.74, 6) is 1.52. The number of carbonyl (C=O) groups excluding carboxylic acids is 1. The van der Waals surface area contributed by atoms with Gasteiger partial charge < -0.3 is 9.73 Å². The van der Waals surface area contributed by atoms with Crippen molar-refractivity contribution in [3.8, 4) is 6.07 Å². The van der Waals surface area contributed by atoms with E-state index >= 15 is 0 Å². The van der Waals surface area contributed by atoms with Crippen LogP contribution in [0.2, 0.25) is 0 Å². The van der Waals surface area contributed by atoms with Gasteiger partial charge in [0, 0.05) is 31.0 Å². The van der Waals surface area contributed by atoms with E-state index in [1.165, 1.54) is 16.4 Å². The highest BCUT2D eigenvalue weighted by atomic mass is 32.2.